The van der Waals surface area contributed by atoms with Crippen LogP contribution in [0.4, 0.5) is 5.69 Å². The third-order valence-corrected chi connectivity index (χ3v) is 5.09. The Hall–Kier alpha value is -4.25. The number of anilines is 1. The fourth-order valence-electron chi connectivity index (χ4n) is 3.38. The van der Waals surface area contributed by atoms with E-state index in [1.165, 1.54) is 5.56 Å². The largest absolute Gasteiger partial charge is 0.493 e. The molecule has 0 saturated carbocycles. The average Bonchev–Trinajstić information content (AvgIpc) is 2.89. The molecular formula is C29H27NO4. The van der Waals surface area contributed by atoms with Crippen molar-refractivity contribution >= 4 is 11.6 Å². The van der Waals surface area contributed by atoms with Gasteiger partial charge in [0.05, 0.1) is 12.3 Å². The van der Waals surface area contributed by atoms with E-state index >= 15 is 0 Å². The molecule has 4 aromatic carbocycles. The SMILES string of the molecule is O=C(Nc1ccccc1OCCOc1ccccc1)c1cccc(OCCc2ccccc2)c1. The Labute approximate surface area is 199 Å². The number of rotatable bonds is 11. The normalized spacial score (nSPS) is 10.4. The summed E-state index contributed by atoms with van der Waals surface area (Å²) in [5, 5.41) is 2.93. The molecule has 0 aliphatic heterocycles. The van der Waals surface area contributed by atoms with Gasteiger partial charge in [-0.2, -0.15) is 0 Å². The molecule has 0 spiro atoms. The van der Waals surface area contributed by atoms with Gasteiger partial charge in [0, 0.05) is 12.0 Å². The number of carbonyl (C=O) groups is 1. The molecule has 5 heteroatoms. The van der Waals surface area contributed by atoms with Gasteiger partial charge in [-0.15, -0.1) is 0 Å². The highest BCUT2D eigenvalue weighted by molar-refractivity contribution is 6.05. The van der Waals surface area contributed by atoms with Gasteiger partial charge in [0.1, 0.15) is 30.5 Å². The first-order chi connectivity index (χ1) is 16.8. The van der Waals surface area contributed by atoms with E-state index in [2.05, 4.69) is 17.4 Å². The molecule has 0 fully saturated rings. The number of hydrogen-bond acceptors (Lipinski definition) is 4. The molecule has 0 heterocycles. The summed E-state index contributed by atoms with van der Waals surface area (Å²) in [7, 11) is 0. The molecule has 1 amide bonds. The van der Waals surface area contributed by atoms with Crippen molar-refractivity contribution in [1.29, 1.82) is 0 Å². The molecule has 0 saturated heterocycles. The smallest absolute Gasteiger partial charge is 0.255 e. The van der Waals surface area contributed by atoms with Crippen LogP contribution in [0.5, 0.6) is 17.2 Å². The predicted molar refractivity (Wildman–Crippen MR) is 134 cm³/mol. The number of amides is 1. The molecule has 34 heavy (non-hydrogen) atoms. The Kier molecular flexibility index (Phi) is 8.17. The summed E-state index contributed by atoms with van der Waals surface area (Å²) in [6.07, 6.45) is 0.802. The van der Waals surface area contributed by atoms with Gasteiger partial charge in [0.25, 0.3) is 5.91 Å². The number of ether oxygens (including phenoxy) is 3. The van der Waals surface area contributed by atoms with Crippen LogP contribution in [0, 0.1) is 0 Å². The topological polar surface area (TPSA) is 56.8 Å². The molecule has 0 aliphatic rings. The molecule has 4 rings (SSSR count). The van der Waals surface area contributed by atoms with Crippen LogP contribution in [-0.2, 0) is 6.42 Å². The molecule has 0 aliphatic carbocycles. The zero-order valence-electron chi connectivity index (χ0n) is 18.9. The fraction of sp³-hybridized carbons (Fsp3) is 0.138. The number of nitrogens with one attached hydrogen (secondary N) is 1. The molecule has 0 aromatic heterocycles. The van der Waals surface area contributed by atoms with Gasteiger partial charge in [0.2, 0.25) is 0 Å². The molecule has 0 atom stereocenters. The Morgan fingerprint density at radius 1 is 0.618 bits per heavy atom. The van der Waals surface area contributed by atoms with Crippen molar-refractivity contribution in [2.45, 2.75) is 6.42 Å². The molecular weight excluding hydrogens is 426 g/mol. The first-order valence-electron chi connectivity index (χ1n) is 11.3. The Balaban J connectivity index is 1.30. The second kappa shape index (κ2) is 12.1. The minimum atomic E-state index is -0.231. The van der Waals surface area contributed by atoms with Crippen molar-refractivity contribution in [1.82, 2.24) is 0 Å². The average molecular weight is 454 g/mol. The molecule has 0 radical (unpaired) electrons. The Morgan fingerprint density at radius 3 is 2.09 bits per heavy atom. The number of hydrogen-bond donors (Lipinski definition) is 1. The molecule has 172 valence electrons. The highest BCUT2D eigenvalue weighted by Gasteiger charge is 2.11. The summed E-state index contributed by atoms with van der Waals surface area (Å²) in [6.45, 7) is 1.29. The maximum Gasteiger partial charge on any atom is 0.255 e. The van der Waals surface area contributed by atoms with E-state index in [1.807, 2.05) is 84.9 Å². The van der Waals surface area contributed by atoms with Gasteiger partial charge in [-0.3, -0.25) is 4.79 Å². The lowest BCUT2D eigenvalue weighted by Gasteiger charge is -2.13. The van der Waals surface area contributed by atoms with Gasteiger partial charge in [-0.1, -0.05) is 66.7 Å². The van der Waals surface area contributed by atoms with Gasteiger partial charge >= 0.3 is 0 Å². The summed E-state index contributed by atoms with van der Waals surface area (Å²) in [6, 6.07) is 34.3. The van der Waals surface area contributed by atoms with Crippen molar-refractivity contribution in [3.8, 4) is 17.2 Å². The molecule has 0 bridgehead atoms. The number of carbonyl (C=O) groups excluding carboxylic acids is 1. The lowest BCUT2D eigenvalue weighted by molar-refractivity contribution is 0.102. The van der Waals surface area contributed by atoms with Gasteiger partial charge in [-0.05, 0) is 48.0 Å². The summed E-state index contributed by atoms with van der Waals surface area (Å²) in [5.41, 5.74) is 2.32. The second-order valence-corrected chi connectivity index (χ2v) is 7.57. The van der Waals surface area contributed by atoms with E-state index in [4.69, 9.17) is 14.2 Å². The van der Waals surface area contributed by atoms with E-state index in [0.29, 0.717) is 42.6 Å². The van der Waals surface area contributed by atoms with E-state index in [1.54, 1.807) is 12.1 Å². The molecule has 1 N–H and O–H groups in total. The number of para-hydroxylation sites is 3. The summed E-state index contributed by atoms with van der Waals surface area (Å²) < 4.78 is 17.4. The number of benzene rings is 4. The van der Waals surface area contributed by atoms with Crippen LogP contribution in [0.1, 0.15) is 15.9 Å². The first kappa shape index (κ1) is 22.9. The summed E-state index contributed by atoms with van der Waals surface area (Å²) in [4.78, 5) is 12.9. The summed E-state index contributed by atoms with van der Waals surface area (Å²) >= 11 is 0. The Morgan fingerprint density at radius 2 is 1.26 bits per heavy atom. The lowest BCUT2D eigenvalue weighted by Crippen LogP contribution is -2.14. The van der Waals surface area contributed by atoms with Crippen molar-refractivity contribution in [3.05, 3.63) is 120 Å². The molecule has 0 unspecified atom stereocenters. The van der Waals surface area contributed by atoms with E-state index < -0.39 is 0 Å². The zero-order valence-corrected chi connectivity index (χ0v) is 18.9. The van der Waals surface area contributed by atoms with Crippen LogP contribution < -0.4 is 19.5 Å². The van der Waals surface area contributed by atoms with E-state index in [0.717, 1.165) is 12.2 Å². The van der Waals surface area contributed by atoms with Gasteiger partial charge in [0.15, 0.2) is 0 Å². The van der Waals surface area contributed by atoms with E-state index in [9.17, 15) is 4.79 Å². The van der Waals surface area contributed by atoms with Crippen LogP contribution >= 0.6 is 0 Å². The van der Waals surface area contributed by atoms with Crippen LogP contribution in [0.3, 0.4) is 0 Å². The Bertz CT molecular complexity index is 1180. The standard InChI is InChI=1S/C29H27NO4/c31-29(24-12-9-15-26(22-24)32-19-18-23-10-3-1-4-11-23)30-27-16-7-8-17-28(27)34-21-20-33-25-13-5-2-6-14-25/h1-17,22H,18-21H2,(H,30,31). The maximum atomic E-state index is 12.9. The first-order valence-corrected chi connectivity index (χ1v) is 11.3. The lowest BCUT2D eigenvalue weighted by atomic mass is 10.1. The minimum Gasteiger partial charge on any atom is -0.493 e. The minimum absolute atomic E-state index is 0.231. The zero-order chi connectivity index (χ0) is 23.4. The van der Waals surface area contributed by atoms with Crippen LogP contribution in [-0.4, -0.2) is 25.7 Å². The van der Waals surface area contributed by atoms with Crippen molar-refractivity contribution in [3.63, 3.8) is 0 Å². The van der Waals surface area contributed by atoms with Crippen molar-refractivity contribution in [2.24, 2.45) is 0 Å². The van der Waals surface area contributed by atoms with Gasteiger partial charge < -0.3 is 19.5 Å². The van der Waals surface area contributed by atoms with Crippen LogP contribution in [0.15, 0.2) is 109 Å². The fourth-order valence-corrected chi connectivity index (χ4v) is 3.38. The van der Waals surface area contributed by atoms with Gasteiger partial charge in [-0.25, -0.2) is 0 Å². The van der Waals surface area contributed by atoms with Crippen molar-refractivity contribution < 1.29 is 19.0 Å². The monoisotopic (exact) mass is 453 g/mol. The van der Waals surface area contributed by atoms with Crippen LogP contribution in [0.25, 0.3) is 0 Å². The molecule has 5 nitrogen and oxygen atoms in total. The third-order valence-electron chi connectivity index (χ3n) is 5.09. The van der Waals surface area contributed by atoms with Crippen LogP contribution in [0.2, 0.25) is 0 Å². The summed E-state index contributed by atoms with van der Waals surface area (Å²) in [5.74, 6) is 1.80. The highest BCUT2D eigenvalue weighted by atomic mass is 16.5. The van der Waals surface area contributed by atoms with Crippen molar-refractivity contribution in [2.75, 3.05) is 25.1 Å². The molecule has 4 aromatic rings. The van der Waals surface area contributed by atoms with E-state index in [-0.39, 0.29) is 5.91 Å². The predicted octanol–water partition coefficient (Wildman–Crippen LogP) is 6.02. The third kappa shape index (κ3) is 6.87. The second-order valence-electron chi connectivity index (χ2n) is 7.57. The quantitative estimate of drug-likeness (QED) is 0.282. The highest BCUT2D eigenvalue weighted by Crippen LogP contribution is 2.25. The maximum absolute atomic E-state index is 12.9.